The molecule has 0 radical (unpaired) electrons. The molecule has 1 aromatic heterocycles. The first-order valence-electron chi connectivity index (χ1n) is 5.16. The van der Waals surface area contributed by atoms with E-state index in [9.17, 15) is 14.5 Å². The Balaban J connectivity index is 2.04. The fraction of sp³-hybridized carbons (Fsp3) is 0.667. The highest BCUT2D eigenvalue weighted by Gasteiger charge is 2.32. The van der Waals surface area contributed by atoms with Crippen LogP contribution in [0.1, 0.15) is 12.8 Å². The minimum Gasteiger partial charge on any atom is -0.316 e. The van der Waals surface area contributed by atoms with Gasteiger partial charge in [0.25, 0.3) is 0 Å². The second-order valence-electron chi connectivity index (χ2n) is 4.05. The third-order valence-electron chi connectivity index (χ3n) is 2.78. The molecule has 0 atom stereocenters. The first-order valence-corrected chi connectivity index (χ1v) is 5.16. The SMILES string of the molecule is O=[N+]([O-])c1cnn(CC2(F)CCNCC2)c1. The lowest BCUT2D eigenvalue weighted by molar-refractivity contribution is -0.385. The van der Waals surface area contributed by atoms with Crippen molar-refractivity contribution < 1.29 is 9.31 Å². The number of nitrogens with zero attached hydrogens (tertiary/aromatic N) is 3. The first kappa shape index (κ1) is 11.0. The summed E-state index contributed by atoms with van der Waals surface area (Å²) in [7, 11) is 0. The number of nitro groups is 1. The molecule has 0 amide bonds. The van der Waals surface area contributed by atoms with Gasteiger partial charge in [0.05, 0.1) is 11.5 Å². The van der Waals surface area contributed by atoms with Gasteiger partial charge in [-0.05, 0) is 25.9 Å². The highest BCUT2D eigenvalue weighted by atomic mass is 19.1. The lowest BCUT2D eigenvalue weighted by Crippen LogP contribution is -2.41. The molecule has 0 saturated carbocycles. The number of piperidine rings is 1. The zero-order valence-electron chi connectivity index (χ0n) is 8.73. The van der Waals surface area contributed by atoms with Gasteiger partial charge in [-0.3, -0.25) is 14.8 Å². The minimum absolute atomic E-state index is 0.0858. The van der Waals surface area contributed by atoms with E-state index in [4.69, 9.17) is 0 Å². The summed E-state index contributed by atoms with van der Waals surface area (Å²) in [5, 5.41) is 17.3. The average Bonchev–Trinajstić information content (AvgIpc) is 2.66. The monoisotopic (exact) mass is 228 g/mol. The second-order valence-corrected chi connectivity index (χ2v) is 4.05. The Bertz CT molecular complexity index is 387. The summed E-state index contributed by atoms with van der Waals surface area (Å²) in [4.78, 5) is 9.90. The number of hydrogen-bond donors (Lipinski definition) is 1. The summed E-state index contributed by atoms with van der Waals surface area (Å²) in [6.07, 6.45) is 3.25. The van der Waals surface area contributed by atoms with Gasteiger partial charge in [-0.2, -0.15) is 5.10 Å². The largest absolute Gasteiger partial charge is 0.316 e. The Hall–Kier alpha value is -1.50. The van der Waals surface area contributed by atoms with E-state index >= 15 is 0 Å². The maximum atomic E-state index is 14.2. The van der Waals surface area contributed by atoms with Crippen molar-refractivity contribution in [2.75, 3.05) is 13.1 Å². The lowest BCUT2D eigenvalue weighted by Gasteiger charge is -2.29. The summed E-state index contributed by atoms with van der Waals surface area (Å²) in [6, 6.07) is 0. The van der Waals surface area contributed by atoms with E-state index in [1.807, 2.05) is 0 Å². The van der Waals surface area contributed by atoms with Crippen molar-refractivity contribution in [2.45, 2.75) is 25.1 Å². The molecule has 0 bridgehead atoms. The molecule has 1 aliphatic heterocycles. The molecule has 0 unspecified atom stereocenters. The van der Waals surface area contributed by atoms with Crippen molar-refractivity contribution in [1.29, 1.82) is 0 Å². The number of nitrogens with one attached hydrogen (secondary N) is 1. The summed E-state index contributed by atoms with van der Waals surface area (Å²) in [6.45, 7) is 1.36. The van der Waals surface area contributed by atoms with Gasteiger partial charge in [-0.25, -0.2) is 4.39 Å². The van der Waals surface area contributed by atoms with Crippen LogP contribution in [-0.4, -0.2) is 33.5 Å². The van der Waals surface area contributed by atoms with Gasteiger partial charge >= 0.3 is 5.69 Å². The van der Waals surface area contributed by atoms with Crippen LogP contribution in [0, 0.1) is 10.1 Å². The van der Waals surface area contributed by atoms with Crippen LogP contribution in [0.5, 0.6) is 0 Å². The zero-order chi connectivity index (χ0) is 11.6. The third kappa shape index (κ3) is 2.35. The van der Waals surface area contributed by atoms with Crippen LogP contribution in [0.4, 0.5) is 10.1 Å². The van der Waals surface area contributed by atoms with Crippen LogP contribution in [0.2, 0.25) is 0 Å². The van der Waals surface area contributed by atoms with Gasteiger partial charge in [0, 0.05) is 0 Å². The minimum atomic E-state index is -1.30. The Morgan fingerprint density at radius 1 is 1.62 bits per heavy atom. The van der Waals surface area contributed by atoms with E-state index in [1.165, 1.54) is 10.9 Å². The Labute approximate surface area is 91.6 Å². The van der Waals surface area contributed by atoms with E-state index < -0.39 is 10.6 Å². The number of aromatic nitrogens is 2. The van der Waals surface area contributed by atoms with Crippen LogP contribution in [0.25, 0.3) is 0 Å². The number of halogens is 1. The van der Waals surface area contributed by atoms with Crippen LogP contribution >= 0.6 is 0 Å². The Morgan fingerprint density at radius 3 is 2.88 bits per heavy atom. The molecule has 0 spiro atoms. The van der Waals surface area contributed by atoms with Gasteiger partial charge in [0.1, 0.15) is 18.1 Å². The van der Waals surface area contributed by atoms with Crippen LogP contribution in [-0.2, 0) is 6.54 Å². The van der Waals surface area contributed by atoms with Crippen LogP contribution in [0.15, 0.2) is 12.4 Å². The molecule has 16 heavy (non-hydrogen) atoms. The van der Waals surface area contributed by atoms with E-state index in [2.05, 4.69) is 10.4 Å². The van der Waals surface area contributed by atoms with E-state index in [1.54, 1.807) is 0 Å². The highest BCUT2D eigenvalue weighted by molar-refractivity contribution is 5.20. The summed E-state index contributed by atoms with van der Waals surface area (Å²) >= 11 is 0. The van der Waals surface area contributed by atoms with Gasteiger partial charge in [0.2, 0.25) is 0 Å². The molecule has 1 saturated heterocycles. The van der Waals surface area contributed by atoms with Gasteiger partial charge in [-0.15, -0.1) is 0 Å². The molecule has 7 heteroatoms. The van der Waals surface area contributed by atoms with Crippen molar-refractivity contribution in [2.24, 2.45) is 0 Å². The van der Waals surface area contributed by atoms with E-state index in [0.717, 1.165) is 6.20 Å². The molecule has 2 rings (SSSR count). The molecule has 1 aliphatic rings. The van der Waals surface area contributed by atoms with Crippen molar-refractivity contribution >= 4 is 5.69 Å². The maximum Gasteiger partial charge on any atom is 0.306 e. The first-order chi connectivity index (χ1) is 7.59. The quantitative estimate of drug-likeness (QED) is 0.615. The Kier molecular flexibility index (Phi) is 2.86. The summed E-state index contributed by atoms with van der Waals surface area (Å²) in [5.41, 5.74) is -1.40. The van der Waals surface area contributed by atoms with Crippen molar-refractivity contribution in [3.63, 3.8) is 0 Å². The lowest BCUT2D eigenvalue weighted by atomic mass is 9.94. The van der Waals surface area contributed by atoms with Gasteiger partial charge in [-0.1, -0.05) is 0 Å². The fourth-order valence-electron chi connectivity index (χ4n) is 1.86. The molecule has 2 heterocycles. The average molecular weight is 228 g/mol. The van der Waals surface area contributed by atoms with Gasteiger partial charge < -0.3 is 5.32 Å². The third-order valence-corrected chi connectivity index (χ3v) is 2.78. The molecule has 6 nitrogen and oxygen atoms in total. The van der Waals surface area contributed by atoms with Crippen molar-refractivity contribution in [1.82, 2.24) is 15.1 Å². The molecule has 88 valence electrons. The number of hydrogen-bond acceptors (Lipinski definition) is 4. The van der Waals surface area contributed by atoms with Crippen LogP contribution in [0.3, 0.4) is 0 Å². The fourth-order valence-corrected chi connectivity index (χ4v) is 1.86. The standard InChI is InChI=1S/C9H13FN4O2/c10-9(1-3-11-4-2-9)7-13-6-8(5-12-13)14(15)16/h5-6,11H,1-4,7H2. The van der Waals surface area contributed by atoms with E-state index in [0.29, 0.717) is 25.9 Å². The molecular weight excluding hydrogens is 215 g/mol. The van der Waals surface area contributed by atoms with E-state index in [-0.39, 0.29) is 12.2 Å². The molecule has 1 fully saturated rings. The van der Waals surface area contributed by atoms with Gasteiger partial charge in [0.15, 0.2) is 0 Å². The smallest absolute Gasteiger partial charge is 0.306 e. The predicted octanol–water partition coefficient (Wildman–Crippen LogP) is 0.883. The normalized spacial score (nSPS) is 19.6. The topological polar surface area (TPSA) is 73.0 Å². The molecule has 1 N–H and O–H groups in total. The molecular formula is C9H13FN4O2. The number of rotatable bonds is 3. The molecule has 1 aromatic rings. The highest BCUT2D eigenvalue weighted by Crippen LogP contribution is 2.25. The zero-order valence-corrected chi connectivity index (χ0v) is 8.73. The van der Waals surface area contributed by atoms with Crippen LogP contribution < -0.4 is 5.32 Å². The second kappa shape index (κ2) is 4.17. The maximum absolute atomic E-state index is 14.2. The van der Waals surface area contributed by atoms with Crippen molar-refractivity contribution in [3.8, 4) is 0 Å². The molecule has 0 aliphatic carbocycles. The summed E-state index contributed by atoms with van der Waals surface area (Å²) < 4.78 is 15.5. The predicted molar refractivity (Wildman–Crippen MR) is 54.8 cm³/mol. The summed E-state index contributed by atoms with van der Waals surface area (Å²) in [5.74, 6) is 0. The molecule has 0 aromatic carbocycles. The number of alkyl halides is 1. The van der Waals surface area contributed by atoms with Crippen molar-refractivity contribution in [3.05, 3.63) is 22.5 Å². The Morgan fingerprint density at radius 2 is 2.31 bits per heavy atom.